The van der Waals surface area contributed by atoms with Crippen LogP contribution in [0.5, 0.6) is 0 Å². The van der Waals surface area contributed by atoms with Crippen molar-refractivity contribution in [3.05, 3.63) is 51.5 Å². The Kier molecular flexibility index (Phi) is 5.91. The maximum absolute atomic E-state index is 4.31. The first kappa shape index (κ1) is 16.1. The fourth-order valence-electron chi connectivity index (χ4n) is 2.18. The molecule has 1 N–H and O–H groups in total. The number of benzene rings is 1. The lowest BCUT2D eigenvalue weighted by Crippen LogP contribution is -2.21. The zero-order valence-corrected chi connectivity index (χ0v) is 14.2. The Balaban J connectivity index is 1.86. The van der Waals surface area contributed by atoms with Crippen LogP contribution in [-0.4, -0.2) is 23.0 Å². The van der Waals surface area contributed by atoms with Crippen LogP contribution in [0.25, 0.3) is 0 Å². The lowest BCUT2D eigenvalue weighted by Gasteiger charge is -2.16. The molecule has 3 nitrogen and oxygen atoms in total. The van der Waals surface area contributed by atoms with E-state index in [1.807, 2.05) is 5.51 Å². The van der Waals surface area contributed by atoms with Crippen LogP contribution in [0.15, 0.2) is 29.8 Å². The van der Waals surface area contributed by atoms with Gasteiger partial charge in [-0.3, -0.25) is 4.90 Å². The number of rotatable bonds is 7. The van der Waals surface area contributed by atoms with Gasteiger partial charge in [-0.15, -0.1) is 11.3 Å². The minimum Gasteiger partial charge on any atom is -0.310 e. The molecule has 0 fully saturated rings. The highest BCUT2D eigenvalue weighted by molar-refractivity contribution is 7.09. The second kappa shape index (κ2) is 7.69. The Bertz CT molecular complexity index is 545. The van der Waals surface area contributed by atoms with Crippen LogP contribution in [0.3, 0.4) is 0 Å². The third-order valence-corrected chi connectivity index (χ3v) is 4.37. The minimum atomic E-state index is 0.526. The summed E-state index contributed by atoms with van der Waals surface area (Å²) < 4.78 is 0. The van der Waals surface area contributed by atoms with E-state index in [1.54, 1.807) is 11.3 Å². The van der Waals surface area contributed by atoms with Crippen LogP contribution in [0, 0.1) is 6.92 Å². The quantitative estimate of drug-likeness (QED) is 0.847. The summed E-state index contributed by atoms with van der Waals surface area (Å²) >= 11 is 1.74. The first-order chi connectivity index (χ1) is 10.0. The molecule has 0 bridgehead atoms. The van der Waals surface area contributed by atoms with Gasteiger partial charge in [0.25, 0.3) is 0 Å². The fourth-order valence-corrected chi connectivity index (χ4v) is 3.03. The lowest BCUT2D eigenvalue weighted by molar-refractivity contribution is 0.321. The predicted molar refractivity (Wildman–Crippen MR) is 90.4 cm³/mol. The number of nitrogens with zero attached hydrogens (tertiary/aromatic N) is 2. The summed E-state index contributed by atoms with van der Waals surface area (Å²) in [7, 11) is 2.16. The molecular weight excluding hydrogens is 278 g/mol. The van der Waals surface area contributed by atoms with Crippen molar-refractivity contribution in [1.29, 1.82) is 0 Å². The van der Waals surface area contributed by atoms with Crippen molar-refractivity contribution in [2.24, 2.45) is 0 Å². The van der Waals surface area contributed by atoms with Gasteiger partial charge in [-0.1, -0.05) is 38.1 Å². The summed E-state index contributed by atoms with van der Waals surface area (Å²) in [6.45, 7) is 9.29. The molecule has 0 atom stereocenters. The van der Waals surface area contributed by atoms with Crippen LogP contribution in [0.4, 0.5) is 0 Å². The second-order valence-corrected chi connectivity index (χ2v) is 6.82. The van der Waals surface area contributed by atoms with Crippen LogP contribution >= 0.6 is 11.3 Å². The van der Waals surface area contributed by atoms with Gasteiger partial charge in [-0.2, -0.15) is 0 Å². The molecule has 1 heterocycles. The molecule has 0 unspecified atom stereocenters. The topological polar surface area (TPSA) is 28.2 Å². The van der Waals surface area contributed by atoms with Gasteiger partial charge in [0.05, 0.1) is 11.2 Å². The highest BCUT2D eigenvalue weighted by Gasteiger charge is 2.06. The number of hydrogen-bond acceptors (Lipinski definition) is 4. The molecule has 0 saturated carbocycles. The van der Waals surface area contributed by atoms with E-state index in [-0.39, 0.29) is 0 Å². The zero-order valence-electron chi connectivity index (χ0n) is 13.4. The van der Waals surface area contributed by atoms with Gasteiger partial charge in [-0.25, -0.2) is 4.98 Å². The fraction of sp³-hybridized carbons (Fsp3) is 0.471. The molecule has 1 aromatic heterocycles. The van der Waals surface area contributed by atoms with Gasteiger partial charge in [0.1, 0.15) is 0 Å². The third-order valence-electron chi connectivity index (χ3n) is 3.45. The summed E-state index contributed by atoms with van der Waals surface area (Å²) in [4.78, 5) is 8.00. The molecule has 0 saturated heterocycles. The molecule has 0 aliphatic heterocycles. The molecular formula is C17H25N3S. The molecule has 2 aromatic rings. The number of thiazole rings is 1. The lowest BCUT2D eigenvalue weighted by atomic mass is 10.1. The molecule has 0 amide bonds. The first-order valence-electron chi connectivity index (χ1n) is 7.43. The standard InChI is InChI=1S/C17H25N3S/c1-13(2)18-9-15-5-7-16(8-6-15)10-20(4)11-17-14(3)19-12-21-17/h5-8,12-13,18H,9-11H2,1-4H3. The highest BCUT2D eigenvalue weighted by Crippen LogP contribution is 2.16. The minimum absolute atomic E-state index is 0.526. The van der Waals surface area contributed by atoms with E-state index in [0.717, 1.165) is 25.3 Å². The molecule has 2 rings (SSSR count). The van der Waals surface area contributed by atoms with Crippen LogP contribution in [0.2, 0.25) is 0 Å². The van der Waals surface area contributed by atoms with Gasteiger partial charge in [0, 0.05) is 30.6 Å². The van der Waals surface area contributed by atoms with Crippen molar-refractivity contribution < 1.29 is 0 Å². The predicted octanol–water partition coefficient (Wildman–Crippen LogP) is 3.58. The molecule has 0 spiro atoms. The van der Waals surface area contributed by atoms with Crippen molar-refractivity contribution in [1.82, 2.24) is 15.2 Å². The van der Waals surface area contributed by atoms with Gasteiger partial charge >= 0.3 is 0 Å². The number of hydrogen-bond donors (Lipinski definition) is 1. The molecule has 0 aliphatic carbocycles. The van der Waals surface area contributed by atoms with Crippen LogP contribution in [0.1, 0.15) is 35.5 Å². The SMILES string of the molecule is Cc1ncsc1CN(C)Cc1ccc(CNC(C)C)cc1. The van der Waals surface area contributed by atoms with Gasteiger partial charge < -0.3 is 5.32 Å². The molecule has 0 radical (unpaired) electrons. The Morgan fingerprint density at radius 2 is 1.81 bits per heavy atom. The Labute approximate surface area is 132 Å². The summed E-state index contributed by atoms with van der Waals surface area (Å²) in [5.41, 5.74) is 5.78. The van der Waals surface area contributed by atoms with Crippen LogP contribution in [-0.2, 0) is 19.6 Å². The van der Waals surface area contributed by atoms with E-state index in [1.165, 1.54) is 16.0 Å². The van der Waals surface area contributed by atoms with Crippen molar-refractivity contribution in [2.75, 3.05) is 7.05 Å². The van der Waals surface area contributed by atoms with Crippen molar-refractivity contribution >= 4 is 11.3 Å². The number of aromatic nitrogens is 1. The summed E-state index contributed by atoms with van der Waals surface area (Å²) in [6, 6.07) is 9.42. The summed E-state index contributed by atoms with van der Waals surface area (Å²) in [6.07, 6.45) is 0. The molecule has 114 valence electrons. The maximum atomic E-state index is 4.31. The van der Waals surface area contributed by atoms with Crippen LogP contribution < -0.4 is 5.32 Å². The van der Waals surface area contributed by atoms with E-state index >= 15 is 0 Å². The largest absolute Gasteiger partial charge is 0.310 e. The monoisotopic (exact) mass is 303 g/mol. The van der Waals surface area contributed by atoms with Crippen molar-refractivity contribution in [3.8, 4) is 0 Å². The normalized spacial score (nSPS) is 11.5. The van der Waals surface area contributed by atoms with E-state index < -0.39 is 0 Å². The van der Waals surface area contributed by atoms with E-state index in [0.29, 0.717) is 6.04 Å². The van der Waals surface area contributed by atoms with Gasteiger partial charge in [0.2, 0.25) is 0 Å². The highest BCUT2D eigenvalue weighted by atomic mass is 32.1. The van der Waals surface area contributed by atoms with E-state index in [2.05, 4.69) is 67.3 Å². The van der Waals surface area contributed by atoms with E-state index in [4.69, 9.17) is 0 Å². The summed E-state index contributed by atoms with van der Waals surface area (Å²) in [5.74, 6) is 0. The first-order valence-corrected chi connectivity index (χ1v) is 8.31. The van der Waals surface area contributed by atoms with E-state index in [9.17, 15) is 0 Å². The van der Waals surface area contributed by atoms with Gasteiger partial charge in [-0.05, 0) is 25.1 Å². The van der Waals surface area contributed by atoms with Gasteiger partial charge in [0.15, 0.2) is 0 Å². The Morgan fingerprint density at radius 1 is 1.14 bits per heavy atom. The molecule has 21 heavy (non-hydrogen) atoms. The van der Waals surface area contributed by atoms with Crippen molar-refractivity contribution in [2.45, 2.75) is 46.4 Å². The molecule has 4 heteroatoms. The smallest absolute Gasteiger partial charge is 0.0798 e. The number of nitrogens with one attached hydrogen (secondary N) is 1. The summed E-state index contributed by atoms with van der Waals surface area (Å²) in [5, 5.41) is 3.44. The molecule has 0 aliphatic rings. The zero-order chi connectivity index (χ0) is 15.2. The average molecular weight is 303 g/mol. The maximum Gasteiger partial charge on any atom is 0.0798 e. The Hall–Kier alpha value is -1.23. The van der Waals surface area contributed by atoms with Crippen molar-refractivity contribution in [3.63, 3.8) is 0 Å². The second-order valence-electron chi connectivity index (χ2n) is 5.89. The third kappa shape index (κ3) is 5.23. The Morgan fingerprint density at radius 3 is 2.38 bits per heavy atom. The molecule has 1 aromatic carbocycles. The average Bonchev–Trinajstić information content (AvgIpc) is 2.83. The number of aryl methyl sites for hydroxylation is 1.